The van der Waals surface area contributed by atoms with Crippen molar-refractivity contribution in [1.29, 1.82) is 0 Å². The number of rotatable bonds is 10. The number of nitrogens with one attached hydrogen (secondary N) is 2. The van der Waals surface area contributed by atoms with E-state index in [1.165, 1.54) is 0 Å². The third kappa shape index (κ3) is 9.79. The molecule has 0 aromatic rings. The average Bonchev–Trinajstić information content (AvgIpc) is 3.65. The molecule has 1 heterocycles. The van der Waals surface area contributed by atoms with E-state index in [-0.39, 0.29) is 54.2 Å². The van der Waals surface area contributed by atoms with E-state index >= 15 is 0 Å². The van der Waals surface area contributed by atoms with E-state index in [2.05, 4.69) is 29.5 Å². The number of aliphatic hydroxyl groups is 1. The van der Waals surface area contributed by atoms with Crippen LogP contribution in [0.2, 0.25) is 0 Å². The number of likely N-dealkylation sites (N-methyl/N-ethyl adjacent to an activating group) is 1. The Labute approximate surface area is 361 Å². The molecule has 3 unspecified atom stereocenters. The molecule has 0 bridgehead atoms. The maximum atomic E-state index is 15.0. The van der Waals surface area contributed by atoms with Crippen LogP contribution in [-0.4, -0.2) is 114 Å². The van der Waals surface area contributed by atoms with Crippen molar-refractivity contribution in [2.24, 2.45) is 39.5 Å². The van der Waals surface area contributed by atoms with Gasteiger partial charge in [-0.1, -0.05) is 44.8 Å². The molecule has 2 amide bonds. The van der Waals surface area contributed by atoms with Crippen LogP contribution < -0.4 is 10.6 Å². The zero-order chi connectivity index (χ0) is 44.7. The molecule has 5 fully saturated rings. The first-order valence-corrected chi connectivity index (χ1v) is 22.3. The Morgan fingerprint density at radius 2 is 1.62 bits per heavy atom. The number of ketones is 2. The van der Waals surface area contributed by atoms with E-state index in [4.69, 9.17) is 23.7 Å². The Morgan fingerprint density at radius 1 is 0.984 bits per heavy atom. The second kappa shape index (κ2) is 17.8. The number of guanidine groups is 1. The van der Waals surface area contributed by atoms with Gasteiger partial charge in [-0.15, -0.1) is 0 Å². The van der Waals surface area contributed by atoms with Crippen LogP contribution in [0.25, 0.3) is 0 Å². The molecule has 4 saturated carbocycles. The van der Waals surface area contributed by atoms with Crippen LogP contribution in [0, 0.1) is 34.5 Å². The quantitative estimate of drug-likeness (QED) is 0.0747. The van der Waals surface area contributed by atoms with Gasteiger partial charge in [-0.05, 0) is 131 Å². The fraction of sp³-hybridized carbons (Fsp3) is 0.783. The summed E-state index contributed by atoms with van der Waals surface area (Å²) in [5.74, 6) is -1.04. The van der Waals surface area contributed by atoms with Crippen LogP contribution in [0.4, 0.5) is 9.59 Å². The third-order valence-corrected chi connectivity index (χ3v) is 14.1. The fourth-order valence-corrected chi connectivity index (χ4v) is 11.5. The van der Waals surface area contributed by atoms with Crippen LogP contribution >= 0.6 is 0 Å². The van der Waals surface area contributed by atoms with Gasteiger partial charge >= 0.3 is 18.2 Å². The summed E-state index contributed by atoms with van der Waals surface area (Å²) in [6, 6.07) is -0.738. The second-order valence-corrected chi connectivity index (χ2v) is 20.8. The molecule has 6 aliphatic rings. The monoisotopic (exact) mass is 855 g/mol. The smallest absolute Gasteiger partial charge is 0.414 e. The third-order valence-electron chi connectivity index (χ3n) is 14.1. The predicted octanol–water partition coefficient (Wildman–Crippen LogP) is 6.16. The maximum Gasteiger partial charge on any atom is 0.414 e. The molecule has 0 aromatic heterocycles. The van der Waals surface area contributed by atoms with E-state index < -0.39 is 76.9 Å². The van der Waals surface area contributed by atoms with Crippen molar-refractivity contribution < 1.29 is 52.8 Å². The summed E-state index contributed by atoms with van der Waals surface area (Å²) in [5, 5.41) is 17.1. The molecule has 15 nitrogen and oxygen atoms in total. The Bertz CT molecular complexity index is 1760. The molecule has 0 spiro atoms. The first-order valence-electron chi connectivity index (χ1n) is 22.3. The molecule has 15 heteroatoms. The van der Waals surface area contributed by atoms with Crippen molar-refractivity contribution in [3.05, 3.63) is 23.8 Å². The standard InChI is InChI=1S/C46H70N4O11/c1-42(2,3)60-40(55)48-39(49-41(56)61-43(4,5)6)47-22-14-17-32(50(9)10)37(54)57-26-34(53)46-35(58-38(59-46)27-15-12-11-13-16-27)24-31-30-19-18-28-23-29(51)20-21-44(28,7)36(30)33(52)25-45(31,46)8/h20-21,23,27,30-33,35-36,38,52H,11-19,22,24-26H2,1-10H3,(H2,47,48,49,55,56)/t30?,31?,32-,33-,35+,36?,38+,44-,45-,46+/m0/s1. The summed E-state index contributed by atoms with van der Waals surface area (Å²) in [5.41, 5.74) is -3.20. The average molecular weight is 855 g/mol. The molecule has 61 heavy (non-hydrogen) atoms. The minimum atomic E-state index is -1.41. The number of hydrogen-bond donors (Lipinski definition) is 3. The van der Waals surface area contributed by atoms with E-state index in [9.17, 15) is 29.1 Å². The number of ether oxygens (including phenoxy) is 5. The molecule has 0 aromatic carbocycles. The van der Waals surface area contributed by atoms with Crippen LogP contribution in [0.5, 0.6) is 0 Å². The minimum Gasteiger partial charge on any atom is -0.456 e. The van der Waals surface area contributed by atoms with Gasteiger partial charge in [0.1, 0.15) is 17.2 Å². The van der Waals surface area contributed by atoms with Gasteiger partial charge in [-0.25, -0.2) is 9.59 Å². The summed E-state index contributed by atoms with van der Waals surface area (Å²) in [6.45, 7) is 14.1. The highest BCUT2D eigenvalue weighted by Gasteiger charge is 2.76. The van der Waals surface area contributed by atoms with Gasteiger partial charge in [0.05, 0.1) is 12.2 Å². The predicted molar refractivity (Wildman–Crippen MR) is 226 cm³/mol. The highest BCUT2D eigenvalue weighted by Crippen LogP contribution is 2.70. The lowest BCUT2D eigenvalue weighted by molar-refractivity contribution is -0.210. The zero-order valence-corrected chi connectivity index (χ0v) is 38.0. The number of alkyl carbamates (subject to hydrolysis) is 2. The van der Waals surface area contributed by atoms with Gasteiger partial charge in [0.25, 0.3) is 0 Å². The van der Waals surface area contributed by atoms with Crippen molar-refractivity contribution in [1.82, 2.24) is 15.5 Å². The van der Waals surface area contributed by atoms with Crippen LogP contribution in [-0.2, 0) is 38.1 Å². The Balaban J connectivity index is 1.16. The van der Waals surface area contributed by atoms with Crippen molar-refractivity contribution in [3.63, 3.8) is 0 Å². The summed E-state index contributed by atoms with van der Waals surface area (Å²) in [6.07, 6.45) is 10.1. The van der Waals surface area contributed by atoms with Gasteiger partial charge in [-0.3, -0.25) is 34.9 Å². The second-order valence-electron chi connectivity index (χ2n) is 20.8. The molecule has 1 saturated heterocycles. The summed E-state index contributed by atoms with van der Waals surface area (Å²) in [7, 11) is 3.50. The van der Waals surface area contributed by atoms with Gasteiger partial charge in [0.2, 0.25) is 11.7 Å². The Kier molecular flexibility index (Phi) is 13.7. The number of allylic oxidation sites excluding steroid dienone is 4. The minimum absolute atomic E-state index is 0.00292. The lowest BCUT2D eigenvalue weighted by Crippen LogP contribution is -2.64. The highest BCUT2D eigenvalue weighted by atomic mass is 16.7. The van der Waals surface area contributed by atoms with E-state index in [0.717, 1.165) is 50.5 Å². The zero-order valence-electron chi connectivity index (χ0n) is 38.0. The van der Waals surface area contributed by atoms with Crippen LogP contribution in [0.15, 0.2) is 28.8 Å². The topological polar surface area (TPSA) is 191 Å². The lowest BCUT2D eigenvalue weighted by atomic mass is 9.46. The van der Waals surface area contributed by atoms with E-state index in [1.54, 1.807) is 72.7 Å². The summed E-state index contributed by atoms with van der Waals surface area (Å²) < 4.78 is 30.4. The number of esters is 1. The maximum absolute atomic E-state index is 15.0. The number of Topliss-reactive ketones (excluding diaryl/α,β-unsaturated/α-hetero) is 1. The van der Waals surface area contributed by atoms with Crippen LogP contribution in [0.1, 0.15) is 126 Å². The fourth-order valence-electron chi connectivity index (χ4n) is 11.5. The Hall–Kier alpha value is -3.66. The molecule has 1 aliphatic heterocycles. The van der Waals surface area contributed by atoms with Crippen molar-refractivity contribution in [2.75, 3.05) is 27.2 Å². The molecule has 3 N–H and O–H groups in total. The van der Waals surface area contributed by atoms with Crippen LogP contribution in [0.3, 0.4) is 0 Å². The van der Waals surface area contributed by atoms with E-state index in [1.807, 2.05) is 6.08 Å². The summed E-state index contributed by atoms with van der Waals surface area (Å²) in [4.78, 5) is 72.4. The number of aliphatic hydroxyl groups excluding tert-OH is 1. The molecular weight excluding hydrogens is 785 g/mol. The summed E-state index contributed by atoms with van der Waals surface area (Å²) >= 11 is 0. The highest BCUT2D eigenvalue weighted by molar-refractivity contribution is 6.02. The van der Waals surface area contributed by atoms with Gasteiger partial charge < -0.3 is 28.8 Å². The molecule has 0 radical (unpaired) electrons. The van der Waals surface area contributed by atoms with Gasteiger partial charge in [-0.2, -0.15) is 0 Å². The number of carbonyl (C=O) groups is 5. The Morgan fingerprint density at radius 3 is 2.23 bits per heavy atom. The van der Waals surface area contributed by atoms with Gasteiger partial charge in [0, 0.05) is 29.2 Å². The number of hydrogen-bond acceptors (Lipinski definition) is 13. The molecule has 5 aliphatic carbocycles. The first-order chi connectivity index (χ1) is 28.5. The normalized spacial score (nSPS) is 33.9. The molecule has 6 rings (SSSR count). The molecule has 10 atom stereocenters. The van der Waals surface area contributed by atoms with Crippen molar-refractivity contribution >= 4 is 35.7 Å². The number of carbonyl (C=O) groups excluding carboxylic acids is 5. The molecular formula is C46H70N4O11. The SMILES string of the molecule is CN(C)[C@@H](CCCN=C(NC(=O)OC(C)(C)C)NC(=O)OC(C)(C)C)C(=O)OCC(=O)[C@@]12O[C@H](C3CCCCC3)O[C@@H]1CC1C3CCC4=CC(=O)C=C[C@]4(C)C3[C@@H](O)C[C@@]12C. The number of nitrogens with zero attached hydrogens (tertiary/aromatic N) is 2. The van der Waals surface area contributed by atoms with Crippen molar-refractivity contribution in [3.8, 4) is 0 Å². The van der Waals surface area contributed by atoms with Crippen molar-refractivity contribution in [2.45, 2.75) is 167 Å². The number of amides is 2. The largest absolute Gasteiger partial charge is 0.456 e. The number of fused-ring (bicyclic) bond motifs is 7. The molecule has 340 valence electrons. The first kappa shape index (κ1) is 46.8. The number of aliphatic imine (C=N–C) groups is 1. The lowest BCUT2D eigenvalue weighted by Gasteiger charge is -2.59. The van der Waals surface area contributed by atoms with Gasteiger partial charge in [0.15, 0.2) is 24.3 Å². The van der Waals surface area contributed by atoms with E-state index in [0.29, 0.717) is 19.3 Å².